The first kappa shape index (κ1) is 16.3. The van der Waals surface area contributed by atoms with E-state index in [1.807, 2.05) is 24.3 Å². The third kappa shape index (κ3) is 3.76. The standard InChI is InChI=1S/C16H23N3O3/c1-11(2)12-3-5-13(6-4-12)18-14(20)16(19-15(21)22)7-9-17-10-8-16/h3-6,11,17,19H,7-10H2,1-2H3,(H,18,20)(H,21,22). The van der Waals surface area contributed by atoms with Gasteiger partial charge in [0.05, 0.1) is 0 Å². The summed E-state index contributed by atoms with van der Waals surface area (Å²) in [6.45, 7) is 5.43. The molecule has 0 unspecified atom stereocenters. The van der Waals surface area contributed by atoms with E-state index in [4.69, 9.17) is 5.11 Å². The number of rotatable bonds is 4. The highest BCUT2D eigenvalue weighted by Crippen LogP contribution is 2.22. The highest BCUT2D eigenvalue weighted by atomic mass is 16.4. The van der Waals surface area contributed by atoms with Gasteiger partial charge in [0.15, 0.2) is 0 Å². The van der Waals surface area contributed by atoms with E-state index in [-0.39, 0.29) is 5.91 Å². The summed E-state index contributed by atoms with van der Waals surface area (Å²) in [5.74, 6) is 0.128. The van der Waals surface area contributed by atoms with Gasteiger partial charge in [0.2, 0.25) is 5.91 Å². The monoisotopic (exact) mass is 305 g/mol. The van der Waals surface area contributed by atoms with Gasteiger partial charge in [0, 0.05) is 5.69 Å². The predicted molar refractivity (Wildman–Crippen MR) is 85.2 cm³/mol. The van der Waals surface area contributed by atoms with Crippen molar-refractivity contribution < 1.29 is 14.7 Å². The maximum absolute atomic E-state index is 12.6. The van der Waals surface area contributed by atoms with E-state index in [9.17, 15) is 9.59 Å². The summed E-state index contributed by atoms with van der Waals surface area (Å²) >= 11 is 0. The molecule has 2 rings (SSSR count). The molecule has 1 aliphatic rings. The molecule has 0 radical (unpaired) electrons. The molecule has 1 aliphatic heterocycles. The molecule has 6 heteroatoms. The van der Waals surface area contributed by atoms with Crippen molar-refractivity contribution in [3.63, 3.8) is 0 Å². The van der Waals surface area contributed by atoms with E-state index in [1.165, 1.54) is 5.56 Å². The average molecular weight is 305 g/mol. The molecular weight excluding hydrogens is 282 g/mol. The molecule has 1 saturated heterocycles. The molecule has 22 heavy (non-hydrogen) atoms. The van der Waals surface area contributed by atoms with Crippen LogP contribution in [0.2, 0.25) is 0 Å². The molecule has 0 aromatic heterocycles. The van der Waals surface area contributed by atoms with Crippen LogP contribution in [-0.4, -0.2) is 35.7 Å². The Balaban J connectivity index is 2.12. The van der Waals surface area contributed by atoms with Crippen molar-refractivity contribution in [3.8, 4) is 0 Å². The Hall–Kier alpha value is -2.08. The number of carboxylic acid groups (broad SMARTS) is 1. The van der Waals surface area contributed by atoms with E-state index in [1.54, 1.807) is 0 Å². The number of anilines is 1. The molecule has 120 valence electrons. The Morgan fingerprint density at radius 2 is 1.77 bits per heavy atom. The van der Waals surface area contributed by atoms with Crippen LogP contribution in [-0.2, 0) is 4.79 Å². The van der Waals surface area contributed by atoms with Gasteiger partial charge in [-0.15, -0.1) is 0 Å². The molecule has 1 heterocycles. The summed E-state index contributed by atoms with van der Waals surface area (Å²) in [4.78, 5) is 23.6. The third-order valence-corrected chi connectivity index (χ3v) is 4.07. The van der Waals surface area contributed by atoms with Crippen LogP contribution in [0.5, 0.6) is 0 Å². The summed E-state index contributed by atoms with van der Waals surface area (Å²) in [5.41, 5.74) is 0.811. The van der Waals surface area contributed by atoms with Crippen LogP contribution in [0.15, 0.2) is 24.3 Å². The second kappa shape index (κ2) is 6.79. The normalized spacial score (nSPS) is 17.0. The molecule has 4 N–H and O–H groups in total. The Morgan fingerprint density at radius 1 is 1.18 bits per heavy atom. The molecule has 6 nitrogen and oxygen atoms in total. The highest BCUT2D eigenvalue weighted by Gasteiger charge is 2.41. The minimum absolute atomic E-state index is 0.298. The fourth-order valence-corrected chi connectivity index (χ4v) is 2.67. The molecule has 1 fully saturated rings. The molecule has 0 bridgehead atoms. The number of hydrogen-bond acceptors (Lipinski definition) is 3. The first-order chi connectivity index (χ1) is 10.4. The summed E-state index contributed by atoms with van der Waals surface area (Å²) in [6, 6.07) is 7.64. The fraction of sp³-hybridized carbons (Fsp3) is 0.500. The van der Waals surface area contributed by atoms with Crippen LogP contribution in [0.4, 0.5) is 10.5 Å². The zero-order valence-electron chi connectivity index (χ0n) is 13.0. The van der Waals surface area contributed by atoms with Crippen molar-refractivity contribution in [2.75, 3.05) is 18.4 Å². The minimum Gasteiger partial charge on any atom is -0.465 e. The highest BCUT2D eigenvalue weighted by molar-refractivity contribution is 6.00. The lowest BCUT2D eigenvalue weighted by molar-refractivity contribution is -0.123. The van der Waals surface area contributed by atoms with Crippen LogP contribution in [0.1, 0.15) is 38.2 Å². The fourth-order valence-electron chi connectivity index (χ4n) is 2.67. The lowest BCUT2D eigenvalue weighted by Gasteiger charge is -2.35. The van der Waals surface area contributed by atoms with Gasteiger partial charge in [-0.1, -0.05) is 26.0 Å². The zero-order valence-corrected chi connectivity index (χ0v) is 13.0. The molecule has 0 aliphatic carbocycles. The van der Waals surface area contributed by atoms with Crippen LogP contribution >= 0.6 is 0 Å². The predicted octanol–water partition coefficient (Wildman–Crippen LogP) is 2.14. The molecular formula is C16H23N3O3. The summed E-state index contributed by atoms with van der Waals surface area (Å²) in [5, 5.41) is 17.4. The molecule has 0 spiro atoms. The topological polar surface area (TPSA) is 90.5 Å². The molecule has 1 aromatic carbocycles. The van der Waals surface area contributed by atoms with Gasteiger partial charge in [-0.2, -0.15) is 0 Å². The summed E-state index contributed by atoms with van der Waals surface area (Å²) in [6.07, 6.45) is -0.294. The average Bonchev–Trinajstić information content (AvgIpc) is 2.48. The summed E-state index contributed by atoms with van der Waals surface area (Å²) in [7, 11) is 0. The second-order valence-electron chi connectivity index (χ2n) is 5.99. The lowest BCUT2D eigenvalue weighted by atomic mass is 9.87. The molecule has 0 saturated carbocycles. The Labute approximate surface area is 130 Å². The van der Waals surface area contributed by atoms with Gasteiger partial charge in [0.1, 0.15) is 5.54 Å². The number of benzene rings is 1. The van der Waals surface area contributed by atoms with E-state index in [0.29, 0.717) is 37.5 Å². The zero-order chi connectivity index (χ0) is 16.2. The third-order valence-electron chi connectivity index (χ3n) is 4.07. The van der Waals surface area contributed by atoms with Crippen molar-refractivity contribution in [1.82, 2.24) is 10.6 Å². The van der Waals surface area contributed by atoms with E-state index in [0.717, 1.165) is 0 Å². The van der Waals surface area contributed by atoms with Crippen LogP contribution in [0.3, 0.4) is 0 Å². The number of amides is 2. The number of carbonyl (C=O) groups is 2. The van der Waals surface area contributed by atoms with Gasteiger partial charge in [-0.25, -0.2) is 4.79 Å². The van der Waals surface area contributed by atoms with E-state index in [2.05, 4.69) is 29.8 Å². The van der Waals surface area contributed by atoms with Gasteiger partial charge in [0.25, 0.3) is 0 Å². The van der Waals surface area contributed by atoms with Gasteiger partial charge in [-0.05, 0) is 49.5 Å². The number of carbonyl (C=O) groups excluding carboxylic acids is 1. The number of piperidine rings is 1. The summed E-state index contributed by atoms with van der Waals surface area (Å²) < 4.78 is 0. The van der Waals surface area contributed by atoms with Crippen molar-refractivity contribution in [3.05, 3.63) is 29.8 Å². The largest absolute Gasteiger partial charge is 0.465 e. The Kier molecular flexibility index (Phi) is 5.03. The number of nitrogens with one attached hydrogen (secondary N) is 3. The minimum atomic E-state index is -1.17. The maximum Gasteiger partial charge on any atom is 0.405 e. The maximum atomic E-state index is 12.6. The van der Waals surface area contributed by atoms with Gasteiger partial charge >= 0.3 is 6.09 Å². The first-order valence-corrected chi connectivity index (χ1v) is 7.56. The van der Waals surface area contributed by atoms with E-state index >= 15 is 0 Å². The van der Waals surface area contributed by atoms with Gasteiger partial charge < -0.3 is 21.1 Å². The van der Waals surface area contributed by atoms with E-state index < -0.39 is 11.6 Å². The smallest absolute Gasteiger partial charge is 0.405 e. The van der Waals surface area contributed by atoms with Crippen LogP contribution in [0, 0.1) is 0 Å². The molecule has 2 amide bonds. The lowest BCUT2D eigenvalue weighted by Crippen LogP contribution is -2.61. The molecule has 0 atom stereocenters. The van der Waals surface area contributed by atoms with Crippen LogP contribution < -0.4 is 16.0 Å². The SMILES string of the molecule is CC(C)c1ccc(NC(=O)C2(NC(=O)O)CCNCC2)cc1. The van der Waals surface area contributed by atoms with Gasteiger partial charge in [-0.3, -0.25) is 4.79 Å². The second-order valence-corrected chi connectivity index (χ2v) is 5.99. The van der Waals surface area contributed by atoms with Crippen molar-refractivity contribution in [2.45, 2.75) is 38.1 Å². The quantitative estimate of drug-likeness (QED) is 0.686. The first-order valence-electron chi connectivity index (χ1n) is 7.56. The Bertz CT molecular complexity index is 534. The van der Waals surface area contributed by atoms with Crippen molar-refractivity contribution >= 4 is 17.7 Å². The van der Waals surface area contributed by atoms with Crippen LogP contribution in [0.25, 0.3) is 0 Å². The number of hydrogen-bond donors (Lipinski definition) is 4. The Morgan fingerprint density at radius 3 is 2.27 bits per heavy atom. The van der Waals surface area contributed by atoms with Crippen molar-refractivity contribution in [2.24, 2.45) is 0 Å². The van der Waals surface area contributed by atoms with Crippen molar-refractivity contribution in [1.29, 1.82) is 0 Å². The molecule has 1 aromatic rings.